The number of nitrogens with one attached hydrogen (secondary N) is 1. The number of tetrazole rings is 1. The van der Waals surface area contributed by atoms with E-state index in [4.69, 9.17) is 32.7 Å². The first kappa shape index (κ1) is 21.4. The fourth-order valence-corrected chi connectivity index (χ4v) is 3.53. The van der Waals surface area contributed by atoms with Crippen molar-refractivity contribution in [2.75, 3.05) is 12.4 Å². The first-order chi connectivity index (χ1) is 14.0. The van der Waals surface area contributed by atoms with Crippen molar-refractivity contribution in [1.82, 2.24) is 20.2 Å². The molecular formula is C19H18BrCl2N5O2. The summed E-state index contributed by atoms with van der Waals surface area (Å²) in [6, 6.07) is 9.05. The minimum atomic E-state index is 0.217. The van der Waals surface area contributed by atoms with Crippen molar-refractivity contribution in [3.05, 3.63) is 68.6 Å². The molecule has 0 spiro atoms. The van der Waals surface area contributed by atoms with Crippen LogP contribution in [0.2, 0.25) is 10.0 Å². The van der Waals surface area contributed by atoms with Crippen LogP contribution >= 0.6 is 39.1 Å². The van der Waals surface area contributed by atoms with Crippen LogP contribution in [0.15, 0.2) is 47.5 Å². The third kappa shape index (κ3) is 5.20. The highest BCUT2D eigenvalue weighted by atomic mass is 79.9. The molecule has 0 radical (unpaired) electrons. The van der Waals surface area contributed by atoms with E-state index in [9.17, 15) is 0 Å². The number of halogens is 3. The van der Waals surface area contributed by atoms with Crippen molar-refractivity contribution in [2.45, 2.75) is 19.7 Å². The molecule has 3 rings (SSSR count). The number of nitrogens with zero attached hydrogens (tertiary/aromatic N) is 4. The summed E-state index contributed by atoms with van der Waals surface area (Å²) in [7, 11) is 1.58. The normalized spacial score (nSPS) is 10.6. The van der Waals surface area contributed by atoms with Gasteiger partial charge in [-0.15, -0.1) is 6.58 Å². The number of aromatic nitrogens is 4. The minimum absolute atomic E-state index is 0.217. The fourth-order valence-electron chi connectivity index (χ4n) is 2.56. The molecule has 2 aromatic carbocycles. The Morgan fingerprint density at radius 3 is 2.69 bits per heavy atom. The first-order valence-electron chi connectivity index (χ1n) is 8.56. The maximum absolute atomic E-state index is 6.21. The molecule has 0 saturated heterocycles. The SMILES string of the molecule is C=CCn1nnnc1NCc1cc(OC)c(OCc2c(Cl)cccc2Cl)cc1Br. The molecule has 0 atom stereocenters. The van der Waals surface area contributed by atoms with Gasteiger partial charge in [-0.25, -0.2) is 4.68 Å². The molecule has 10 heteroatoms. The van der Waals surface area contributed by atoms with E-state index in [2.05, 4.69) is 43.4 Å². The number of hydrogen-bond acceptors (Lipinski definition) is 6. The lowest BCUT2D eigenvalue weighted by Gasteiger charge is -2.15. The molecule has 7 nitrogen and oxygen atoms in total. The van der Waals surface area contributed by atoms with Crippen LogP contribution in [0.1, 0.15) is 11.1 Å². The number of methoxy groups -OCH3 is 1. The van der Waals surface area contributed by atoms with Gasteiger partial charge in [-0.1, -0.05) is 56.4 Å². The molecule has 0 amide bonds. The van der Waals surface area contributed by atoms with Gasteiger partial charge >= 0.3 is 0 Å². The Labute approximate surface area is 186 Å². The van der Waals surface area contributed by atoms with Gasteiger partial charge in [-0.2, -0.15) is 0 Å². The zero-order valence-electron chi connectivity index (χ0n) is 15.5. The summed E-state index contributed by atoms with van der Waals surface area (Å²) in [6.07, 6.45) is 1.72. The molecule has 0 aliphatic carbocycles. The van der Waals surface area contributed by atoms with Gasteiger partial charge in [-0.05, 0) is 40.3 Å². The van der Waals surface area contributed by atoms with Crippen LogP contribution in [0.25, 0.3) is 0 Å². The molecule has 152 valence electrons. The number of anilines is 1. The summed E-state index contributed by atoms with van der Waals surface area (Å²) in [5.41, 5.74) is 1.66. The van der Waals surface area contributed by atoms with Crippen LogP contribution in [-0.2, 0) is 19.7 Å². The third-order valence-corrected chi connectivity index (χ3v) is 5.48. The average Bonchev–Trinajstić information content (AvgIpc) is 3.14. The Morgan fingerprint density at radius 2 is 2.00 bits per heavy atom. The highest BCUT2D eigenvalue weighted by Gasteiger charge is 2.14. The predicted octanol–water partition coefficient (Wildman–Crippen LogP) is 5.13. The van der Waals surface area contributed by atoms with Gasteiger partial charge in [0, 0.05) is 26.6 Å². The minimum Gasteiger partial charge on any atom is -0.493 e. The van der Waals surface area contributed by atoms with E-state index in [1.165, 1.54) is 0 Å². The van der Waals surface area contributed by atoms with Crippen molar-refractivity contribution in [3.63, 3.8) is 0 Å². The van der Waals surface area contributed by atoms with Gasteiger partial charge in [0.25, 0.3) is 0 Å². The Balaban J connectivity index is 1.75. The fraction of sp³-hybridized carbons (Fsp3) is 0.211. The second kappa shape index (κ2) is 9.96. The highest BCUT2D eigenvalue weighted by Crippen LogP contribution is 2.35. The third-order valence-electron chi connectivity index (χ3n) is 4.04. The van der Waals surface area contributed by atoms with E-state index in [1.807, 2.05) is 12.1 Å². The van der Waals surface area contributed by atoms with Gasteiger partial charge in [0.1, 0.15) is 6.61 Å². The van der Waals surface area contributed by atoms with Crippen molar-refractivity contribution in [1.29, 1.82) is 0 Å². The summed E-state index contributed by atoms with van der Waals surface area (Å²) >= 11 is 16.0. The van der Waals surface area contributed by atoms with Gasteiger partial charge in [-0.3, -0.25) is 0 Å². The van der Waals surface area contributed by atoms with Crippen molar-refractivity contribution in [2.24, 2.45) is 0 Å². The van der Waals surface area contributed by atoms with Crippen LogP contribution < -0.4 is 14.8 Å². The zero-order chi connectivity index (χ0) is 20.8. The summed E-state index contributed by atoms with van der Waals surface area (Å²) in [5, 5.41) is 15.8. The Hall–Kier alpha value is -2.29. The van der Waals surface area contributed by atoms with E-state index in [0.717, 1.165) is 10.0 Å². The Bertz CT molecular complexity index is 992. The first-order valence-corrected chi connectivity index (χ1v) is 10.1. The molecule has 29 heavy (non-hydrogen) atoms. The van der Waals surface area contributed by atoms with Gasteiger partial charge < -0.3 is 14.8 Å². The number of benzene rings is 2. The number of hydrogen-bond donors (Lipinski definition) is 1. The Kier molecular flexibility index (Phi) is 7.35. The molecule has 0 aliphatic rings. The molecule has 1 aromatic heterocycles. The molecule has 1 N–H and O–H groups in total. The van der Waals surface area contributed by atoms with Gasteiger partial charge in [0.05, 0.1) is 13.7 Å². The molecule has 0 aliphatic heterocycles. The smallest absolute Gasteiger partial charge is 0.243 e. The summed E-state index contributed by atoms with van der Waals surface area (Å²) in [5.74, 6) is 1.69. The quantitative estimate of drug-likeness (QED) is 0.412. The predicted molar refractivity (Wildman–Crippen MR) is 117 cm³/mol. The van der Waals surface area contributed by atoms with Crippen LogP contribution in [-0.4, -0.2) is 27.3 Å². The highest BCUT2D eigenvalue weighted by molar-refractivity contribution is 9.10. The zero-order valence-corrected chi connectivity index (χ0v) is 18.6. The van der Waals surface area contributed by atoms with E-state index in [-0.39, 0.29) is 6.61 Å². The van der Waals surface area contributed by atoms with Gasteiger partial charge in [0.15, 0.2) is 11.5 Å². The summed E-state index contributed by atoms with van der Waals surface area (Å²) < 4.78 is 13.9. The van der Waals surface area contributed by atoms with E-state index >= 15 is 0 Å². The second-order valence-electron chi connectivity index (χ2n) is 5.91. The number of allylic oxidation sites excluding steroid dienone is 1. The van der Waals surface area contributed by atoms with Crippen molar-refractivity contribution < 1.29 is 9.47 Å². The topological polar surface area (TPSA) is 74.1 Å². The van der Waals surface area contributed by atoms with Crippen LogP contribution in [0.4, 0.5) is 5.95 Å². The number of rotatable bonds is 9. The monoisotopic (exact) mass is 497 g/mol. The van der Waals surface area contributed by atoms with E-state index in [0.29, 0.717) is 46.1 Å². The van der Waals surface area contributed by atoms with Crippen molar-refractivity contribution in [3.8, 4) is 11.5 Å². The summed E-state index contributed by atoms with van der Waals surface area (Å²) in [4.78, 5) is 0. The van der Waals surface area contributed by atoms with E-state index in [1.54, 1.807) is 36.1 Å². The molecule has 0 unspecified atom stereocenters. The largest absolute Gasteiger partial charge is 0.493 e. The van der Waals surface area contributed by atoms with E-state index < -0.39 is 0 Å². The Morgan fingerprint density at radius 1 is 1.24 bits per heavy atom. The van der Waals surface area contributed by atoms with Crippen LogP contribution in [0.5, 0.6) is 11.5 Å². The van der Waals surface area contributed by atoms with Crippen LogP contribution in [0, 0.1) is 0 Å². The van der Waals surface area contributed by atoms with Crippen LogP contribution in [0.3, 0.4) is 0 Å². The van der Waals surface area contributed by atoms with Crippen molar-refractivity contribution >= 4 is 45.1 Å². The lowest BCUT2D eigenvalue weighted by atomic mass is 10.2. The second-order valence-corrected chi connectivity index (χ2v) is 7.58. The number of ether oxygens (including phenoxy) is 2. The molecule has 0 fully saturated rings. The molecular weight excluding hydrogens is 481 g/mol. The molecule has 3 aromatic rings. The maximum Gasteiger partial charge on any atom is 0.243 e. The molecule has 0 bridgehead atoms. The lowest BCUT2D eigenvalue weighted by molar-refractivity contribution is 0.284. The summed E-state index contributed by atoms with van der Waals surface area (Å²) in [6.45, 7) is 4.90. The average molecular weight is 499 g/mol. The maximum atomic E-state index is 6.21. The van der Waals surface area contributed by atoms with Gasteiger partial charge in [0.2, 0.25) is 5.95 Å². The standard InChI is InChI=1S/C19H18BrCl2N5O2/c1-3-7-27-19(24-25-26-27)23-10-12-8-17(28-2)18(9-14(12)20)29-11-13-15(21)5-4-6-16(13)22/h3-6,8-9H,1,7,10-11H2,2H3,(H,23,24,26). The lowest BCUT2D eigenvalue weighted by Crippen LogP contribution is -2.09. The molecule has 0 saturated carbocycles. The molecule has 1 heterocycles.